The Balaban J connectivity index is 1.61. The number of benzene rings is 1. The standard InChI is InChI=1S/C21H23N7O2/c1-12(2)24-21(29)16-6-5-14(9-17(16)30-4)20-25-18(28(3)27-20)8-13-7-15-11-23-26-19(15)22-10-13/h5-7,9-12H,8H2,1-4H3,(H,24,29)(H,22,23,26). The number of fused-ring (bicyclic) bond motifs is 1. The Labute approximate surface area is 173 Å². The number of pyridine rings is 1. The molecule has 0 saturated carbocycles. The molecule has 0 aliphatic carbocycles. The maximum Gasteiger partial charge on any atom is 0.255 e. The van der Waals surface area contributed by atoms with Gasteiger partial charge in [0.15, 0.2) is 11.5 Å². The van der Waals surface area contributed by atoms with Crippen molar-refractivity contribution in [3.63, 3.8) is 0 Å². The van der Waals surface area contributed by atoms with Crippen LogP contribution in [0.3, 0.4) is 0 Å². The summed E-state index contributed by atoms with van der Waals surface area (Å²) in [7, 11) is 3.40. The molecule has 0 radical (unpaired) electrons. The molecule has 0 unspecified atom stereocenters. The van der Waals surface area contributed by atoms with Crippen LogP contribution in [0.15, 0.2) is 36.7 Å². The lowest BCUT2D eigenvalue weighted by atomic mass is 10.1. The van der Waals surface area contributed by atoms with E-state index in [-0.39, 0.29) is 11.9 Å². The predicted molar refractivity (Wildman–Crippen MR) is 112 cm³/mol. The van der Waals surface area contributed by atoms with Gasteiger partial charge in [0.1, 0.15) is 11.6 Å². The van der Waals surface area contributed by atoms with Crippen LogP contribution >= 0.6 is 0 Å². The van der Waals surface area contributed by atoms with E-state index in [1.807, 2.05) is 33.0 Å². The van der Waals surface area contributed by atoms with Crippen molar-refractivity contribution in [3.05, 3.63) is 53.6 Å². The van der Waals surface area contributed by atoms with Crippen LogP contribution in [-0.2, 0) is 13.5 Å². The minimum atomic E-state index is -0.176. The van der Waals surface area contributed by atoms with Gasteiger partial charge in [0.25, 0.3) is 5.91 Å². The number of carbonyl (C=O) groups excluding carboxylic acids is 1. The molecule has 3 aromatic heterocycles. The molecular weight excluding hydrogens is 382 g/mol. The molecule has 1 amide bonds. The Morgan fingerprint density at radius 1 is 1.27 bits per heavy atom. The number of amides is 1. The van der Waals surface area contributed by atoms with Crippen LogP contribution in [0.4, 0.5) is 0 Å². The lowest BCUT2D eigenvalue weighted by molar-refractivity contribution is 0.0940. The first-order valence-electron chi connectivity index (χ1n) is 9.61. The largest absolute Gasteiger partial charge is 0.496 e. The first-order chi connectivity index (χ1) is 14.4. The van der Waals surface area contributed by atoms with Gasteiger partial charge in [-0.25, -0.2) is 9.97 Å². The molecule has 0 spiro atoms. The highest BCUT2D eigenvalue weighted by atomic mass is 16.5. The lowest BCUT2D eigenvalue weighted by Gasteiger charge is -2.12. The van der Waals surface area contributed by atoms with E-state index in [0.717, 1.165) is 28.0 Å². The van der Waals surface area contributed by atoms with E-state index in [0.29, 0.717) is 23.6 Å². The van der Waals surface area contributed by atoms with E-state index in [9.17, 15) is 4.79 Å². The van der Waals surface area contributed by atoms with Crippen molar-refractivity contribution in [1.29, 1.82) is 0 Å². The zero-order valence-corrected chi connectivity index (χ0v) is 17.3. The molecule has 0 aliphatic heterocycles. The van der Waals surface area contributed by atoms with Crippen molar-refractivity contribution >= 4 is 16.9 Å². The highest BCUT2D eigenvalue weighted by molar-refractivity contribution is 5.97. The SMILES string of the molecule is COc1cc(-c2nc(Cc3cnc4[nH]ncc4c3)n(C)n2)ccc1C(=O)NC(C)C. The van der Waals surface area contributed by atoms with Gasteiger partial charge in [-0.1, -0.05) is 6.07 Å². The quantitative estimate of drug-likeness (QED) is 0.510. The van der Waals surface area contributed by atoms with Crippen molar-refractivity contribution in [1.82, 2.24) is 35.3 Å². The Hall–Kier alpha value is -3.75. The normalized spacial score (nSPS) is 11.2. The molecule has 9 heteroatoms. The highest BCUT2D eigenvalue weighted by Crippen LogP contribution is 2.26. The number of methoxy groups -OCH3 is 1. The Bertz CT molecular complexity index is 1210. The fourth-order valence-corrected chi connectivity index (χ4v) is 3.21. The fraction of sp³-hybridized carbons (Fsp3) is 0.286. The van der Waals surface area contributed by atoms with Crippen LogP contribution in [-0.4, -0.2) is 49.0 Å². The minimum Gasteiger partial charge on any atom is -0.496 e. The molecule has 30 heavy (non-hydrogen) atoms. The third-order valence-corrected chi connectivity index (χ3v) is 4.69. The van der Waals surface area contributed by atoms with Crippen molar-refractivity contribution < 1.29 is 9.53 Å². The average Bonchev–Trinajstić information content (AvgIpc) is 3.33. The Morgan fingerprint density at radius 3 is 2.87 bits per heavy atom. The average molecular weight is 405 g/mol. The topological polar surface area (TPSA) is 111 Å². The van der Waals surface area contributed by atoms with Crippen LogP contribution in [0.5, 0.6) is 5.75 Å². The molecule has 2 N–H and O–H groups in total. The molecule has 4 aromatic rings. The molecule has 0 bridgehead atoms. The smallest absolute Gasteiger partial charge is 0.255 e. The monoisotopic (exact) mass is 405 g/mol. The van der Waals surface area contributed by atoms with Gasteiger partial charge in [-0.3, -0.25) is 14.6 Å². The van der Waals surface area contributed by atoms with Gasteiger partial charge >= 0.3 is 0 Å². The number of rotatable bonds is 6. The number of aryl methyl sites for hydroxylation is 1. The number of hydrogen-bond acceptors (Lipinski definition) is 6. The summed E-state index contributed by atoms with van der Waals surface area (Å²) in [6.07, 6.45) is 4.14. The maximum atomic E-state index is 12.4. The molecule has 154 valence electrons. The second kappa shape index (κ2) is 7.94. The summed E-state index contributed by atoms with van der Waals surface area (Å²) in [6.45, 7) is 3.83. The van der Waals surface area contributed by atoms with Gasteiger partial charge in [0.05, 0.1) is 18.9 Å². The van der Waals surface area contributed by atoms with Gasteiger partial charge in [-0.2, -0.15) is 10.2 Å². The summed E-state index contributed by atoms with van der Waals surface area (Å²) in [5.74, 6) is 1.67. The minimum absolute atomic E-state index is 0.0395. The van der Waals surface area contributed by atoms with E-state index < -0.39 is 0 Å². The zero-order chi connectivity index (χ0) is 21.3. The number of hydrogen-bond donors (Lipinski definition) is 2. The van der Waals surface area contributed by atoms with Gasteiger partial charge in [0, 0.05) is 36.7 Å². The van der Waals surface area contributed by atoms with E-state index in [4.69, 9.17) is 4.74 Å². The number of H-pyrrole nitrogens is 1. The summed E-state index contributed by atoms with van der Waals surface area (Å²) >= 11 is 0. The molecule has 0 aliphatic rings. The predicted octanol–water partition coefficient (Wildman–Crippen LogP) is 2.49. The van der Waals surface area contributed by atoms with Crippen LogP contribution in [0.1, 0.15) is 35.6 Å². The molecule has 4 rings (SSSR count). The Morgan fingerprint density at radius 2 is 2.10 bits per heavy atom. The van der Waals surface area contributed by atoms with E-state index >= 15 is 0 Å². The summed E-state index contributed by atoms with van der Waals surface area (Å²) < 4.78 is 7.19. The van der Waals surface area contributed by atoms with E-state index in [1.54, 1.807) is 36.3 Å². The molecule has 9 nitrogen and oxygen atoms in total. The second-order valence-electron chi connectivity index (χ2n) is 7.35. The molecule has 1 aromatic carbocycles. The second-order valence-corrected chi connectivity index (χ2v) is 7.35. The molecule has 0 saturated heterocycles. The number of nitrogens with zero attached hydrogens (tertiary/aromatic N) is 5. The van der Waals surface area contributed by atoms with Crippen LogP contribution < -0.4 is 10.1 Å². The van der Waals surface area contributed by atoms with Crippen LogP contribution in [0, 0.1) is 0 Å². The van der Waals surface area contributed by atoms with Gasteiger partial charge < -0.3 is 10.1 Å². The third kappa shape index (κ3) is 3.86. The summed E-state index contributed by atoms with van der Waals surface area (Å²) in [4.78, 5) is 21.4. The van der Waals surface area contributed by atoms with Crippen molar-refractivity contribution in [2.75, 3.05) is 7.11 Å². The first kappa shape index (κ1) is 19.6. The summed E-state index contributed by atoms with van der Waals surface area (Å²) in [6, 6.07) is 7.42. The lowest BCUT2D eigenvalue weighted by Crippen LogP contribution is -2.30. The van der Waals surface area contributed by atoms with Gasteiger partial charge in [-0.15, -0.1) is 0 Å². The number of aromatic amines is 1. The highest BCUT2D eigenvalue weighted by Gasteiger charge is 2.17. The van der Waals surface area contributed by atoms with Crippen molar-refractivity contribution in [2.24, 2.45) is 7.05 Å². The number of aromatic nitrogens is 6. The van der Waals surface area contributed by atoms with E-state index in [2.05, 4.69) is 30.6 Å². The van der Waals surface area contributed by atoms with Gasteiger partial charge in [-0.05, 0) is 37.6 Å². The molecular formula is C21H23N7O2. The van der Waals surface area contributed by atoms with Crippen LogP contribution in [0.25, 0.3) is 22.4 Å². The first-order valence-corrected chi connectivity index (χ1v) is 9.61. The van der Waals surface area contributed by atoms with Crippen LogP contribution in [0.2, 0.25) is 0 Å². The zero-order valence-electron chi connectivity index (χ0n) is 17.3. The van der Waals surface area contributed by atoms with Gasteiger partial charge in [0.2, 0.25) is 0 Å². The number of carbonyl (C=O) groups is 1. The third-order valence-electron chi connectivity index (χ3n) is 4.69. The number of ether oxygens (including phenoxy) is 1. The Kier molecular flexibility index (Phi) is 5.18. The summed E-state index contributed by atoms with van der Waals surface area (Å²) in [5, 5.41) is 15.2. The molecule has 3 heterocycles. The fourth-order valence-electron chi connectivity index (χ4n) is 3.21. The maximum absolute atomic E-state index is 12.4. The molecule has 0 atom stereocenters. The van der Waals surface area contributed by atoms with E-state index in [1.165, 1.54) is 0 Å². The molecule has 0 fully saturated rings. The summed E-state index contributed by atoms with van der Waals surface area (Å²) in [5.41, 5.74) is 3.03. The van der Waals surface area contributed by atoms with Crippen molar-refractivity contribution in [2.45, 2.75) is 26.3 Å². The van der Waals surface area contributed by atoms with Crippen molar-refractivity contribution in [3.8, 4) is 17.1 Å². The number of nitrogens with one attached hydrogen (secondary N) is 2.